The molecule has 0 saturated heterocycles. The minimum atomic E-state index is -0.807. The summed E-state index contributed by atoms with van der Waals surface area (Å²) in [6.07, 6.45) is 4.40. The fourth-order valence-electron chi connectivity index (χ4n) is 3.15. The lowest BCUT2D eigenvalue weighted by atomic mass is 9.82. The van der Waals surface area contributed by atoms with Crippen molar-refractivity contribution in [3.8, 4) is 0 Å². The van der Waals surface area contributed by atoms with Gasteiger partial charge in [-0.2, -0.15) is 0 Å². The summed E-state index contributed by atoms with van der Waals surface area (Å²) in [5.41, 5.74) is 0.979. The van der Waals surface area contributed by atoms with Crippen molar-refractivity contribution in [3.63, 3.8) is 0 Å². The first-order chi connectivity index (χ1) is 11.5. The highest BCUT2D eigenvalue weighted by atomic mass is 35.5. The van der Waals surface area contributed by atoms with E-state index in [1.54, 1.807) is 12.1 Å². The number of carbonyl (C=O) groups is 1. The molecule has 24 heavy (non-hydrogen) atoms. The van der Waals surface area contributed by atoms with E-state index in [-0.39, 0.29) is 17.6 Å². The minimum Gasteiger partial charge on any atom is -0.365 e. The van der Waals surface area contributed by atoms with Crippen LogP contribution in [-0.4, -0.2) is 5.91 Å². The second kappa shape index (κ2) is 6.65. The van der Waals surface area contributed by atoms with Crippen molar-refractivity contribution in [2.75, 3.05) is 0 Å². The lowest BCUT2D eigenvalue weighted by Gasteiger charge is -2.40. The summed E-state index contributed by atoms with van der Waals surface area (Å²) < 4.78 is 13.3. The van der Waals surface area contributed by atoms with Crippen molar-refractivity contribution < 1.29 is 9.18 Å². The zero-order valence-corrected chi connectivity index (χ0v) is 14.0. The molecule has 0 bridgehead atoms. The highest BCUT2D eigenvalue weighted by molar-refractivity contribution is 6.31. The van der Waals surface area contributed by atoms with Crippen LogP contribution in [0.3, 0.4) is 0 Å². The van der Waals surface area contributed by atoms with E-state index in [0.717, 1.165) is 11.1 Å². The smallest absolute Gasteiger partial charge is 0.218 e. The third kappa shape index (κ3) is 3.29. The van der Waals surface area contributed by atoms with Crippen molar-refractivity contribution in [2.24, 2.45) is 0 Å². The molecule has 1 aliphatic rings. The standard InChI is InChI=1S/C19H18ClFN2O/c1-13(24)23-19(15-6-8-16(21)9-7-15)12-14(10-11-22-19)17-4-2-3-5-18(17)20/h2-11,14,22H,12H2,1H3,(H,23,24). The Morgan fingerprint density at radius 2 is 1.96 bits per heavy atom. The molecule has 5 heteroatoms. The molecule has 0 fully saturated rings. The number of halogens is 2. The van der Waals surface area contributed by atoms with E-state index in [1.807, 2.05) is 36.5 Å². The summed E-state index contributed by atoms with van der Waals surface area (Å²) >= 11 is 6.33. The molecule has 2 aromatic carbocycles. The van der Waals surface area contributed by atoms with Crippen molar-refractivity contribution >= 4 is 17.5 Å². The van der Waals surface area contributed by atoms with Gasteiger partial charge in [0.2, 0.25) is 5.91 Å². The van der Waals surface area contributed by atoms with Gasteiger partial charge in [0, 0.05) is 24.3 Å². The molecule has 124 valence electrons. The topological polar surface area (TPSA) is 41.1 Å². The lowest BCUT2D eigenvalue weighted by molar-refractivity contribution is -0.121. The average Bonchev–Trinajstić information content (AvgIpc) is 2.55. The maximum absolute atomic E-state index is 13.3. The minimum absolute atomic E-state index is 0.0249. The van der Waals surface area contributed by atoms with Gasteiger partial charge in [-0.15, -0.1) is 0 Å². The van der Waals surface area contributed by atoms with Crippen LogP contribution in [0.4, 0.5) is 4.39 Å². The monoisotopic (exact) mass is 344 g/mol. The van der Waals surface area contributed by atoms with Crippen LogP contribution in [0.15, 0.2) is 60.8 Å². The van der Waals surface area contributed by atoms with E-state index in [2.05, 4.69) is 10.6 Å². The number of carbonyl (C=O) groups excluding carboxylic acids is 1. The Hall–Kier alpha value is -2.33. The molecule has 1 amide bonds. The molecule has 0 radical (unpaired) electrons. The molecular formula is C19H18ClFN2O. The molecule has 0 spiro atoms. The van der Waals surface area contributed by atoms with Gasteiger partial charge < -0.3 is 10.6 Å². The largest absolute Gasteiger partial charge is 0.365 e. The van der Waals surface area contributed by atoms with Gasteiger partial charge in [-0.1, -0.05) is 48.0 Å². The van der Waals surface area contributed by atoms with Crippen LogP contribution >= 0.6 is 11.6 Å². The van der Waals surface area contributed by atoms with Gasteiger partial charge in [0.15, 0.2) is 0 Å². The highest BCUT2D eigenvalue weighted by Crippen LogP contribution is 2.38. The average molecular weight is 345 g/mol. The summed E-state index contributed by atoms with van der Waals surface area (Å²) in [7, 11) is 0. The Labute approximate surface area is 145 Å². The normalized spacial score (nSPS) is 22.7. The Bertz CT molecular complexity index is 775. The Morgan fingerprint density at radius 1 is 1.25 bits per heavy atom. The van der Waals surface area contributed by atoms with E-state index in [1.165, 1.54) is 19.1 Å². The first kappa shape index (κ1) is 16.5. The molecule has 0 aromatic heterocycles. The molecule has 0 saturated carbocycles. The Balaban J connectivity index is 2.01. The van der Waals surface area contributed by atoms with Crippen LogP contribution in [0.2, 0.25) is 5.02 Å². The number of rotatable bonds is 3. The molecule has 1 heterocycles. The molecule has 2 aromatic rings. The lowest BCUT2D eigenvalue weighted by Crippen LogP contribution is -2.55. The van der Waals surface area contributed by atoms with E-state index in [4.69, 9.17) is 11.6 Å². The molecule has 0 aliphatic carbocycles. The van der Waals surface area contributed by atoms with Crippen LogP contribution in [0.1, 0.15) is 30.4 Å². The zero-order chi connectivity index (χ0) is 17.2. The predicted molar refractivity (Wildman–Crippen MR) is 93.0 cm³/mol. The van der Waals surface area contributed by atoms with Crippen LogP contribution in [0.25, 0.3) is 0 Å². The predicted octanol–water partition coefficient (Wildman–Crippen LogP) is 4.06. The molecule has 3 rings (SSSR count). The zero-order valence-electron chi connectivity index (χ0n) is 13.2. The van der Waals surface area contributed by atoms with Gasteiger partial charge >= 0.3 is 0 Å². The van der Waals surface area contributed by atoms with E-state index >= 15 is 0 Å². The van der Waals surface area contributed by atoms with E-state index < -0.39 is 5.66 Å². The SMILES string of the molecule is CC(=O)NC1(c2ccc(F)cc2)CC(c2ccccc2Cl)C=CN1. The molecule has 2 atom stereocenters. The summed E-state index contributed by atoms with van der Waals surface area (Å²) in [4.78, 5) is 11.8. The Morgan fingerprint density at radius 3 is 2.62 bits per heavy atom. The van der Waals surface area contributed by atoms with Gasteiger partial charge in [0.25, 0.3) is 0 Å². The number of benzene rings is 2. The van der Waals surface area contributed by atoms with Crippen molar-refractivity contribution in [1.82, 2.24) is 10.6 Å². The maximum Gasteiger partial charge on any atom is 0.218 e. The van der Waals surface area contributed by atoms with Crippen LogP contribution < -0.4 is 10.6 Å². The number of hydrogen-bond donors (Lipinski definition) is 2. The summed E-state index contributed by atoms with van der Waals surface area (Å²) in [5.74, 6) is -0.456. The maximum atomic E-state index is 13.3. The molecule has 1 aliphatic heterocycles. The van der Waals surface area contributed by atoms with Crippen molar-refractivity contribution in [2.45, 2.75) is 24.9 Å². The first-order valence-electron chi connectivity index (χ1n) is 7.74. The van der Waals surface area contributed by atoms with Gasteiger partial charge in [-0.25, -0.2) is 4.39 Å². The summed E-state index contributed by atoms with van der Waals surface area (Å²) in [6.45, 7) is 1.47. The van der Waals surface area contributed by atoms with Gasteiger partial charge in [0.05, 0.1) is 0 Å². The molecule has 2 unspecified atom stereocenters. The van der Waals surface area contributed by atoms with Crippen LogP contribution in [0.5, 0.6) is 0 Å². The molecule has 3 nitrogen and oxygen atoms in total. The number of allylic oxidation sites excluding steroid dienone is 1. The van der Waals surface area contributed by atoms with Gasteiger partial charge in [-0.05, 0) is 35.5 Å². The third-order valence-electron chi connectivity index (χ3n) is 4.22. The highest BCUT2D eigenvalue weighted by Gasteiger charge is 2.37. The fraction of sp³-hybridized carbons (Fsp3) is 0.211. The number of nitrogens with one attached hydrogen (secondary N) is 2. The third-order valence-corrected chi connectivity index (χ3v) is 4.56. The quantitative estimate of drug-likeness (QED) is 0.881. The van der Waals surface area contributed by atoms with E-state index in [9.17, 15) is 9.18 Å². The number of amides is 1. The van der Waals surface area contributed by atoms with Crippen LogP contribution in [-0.2, 0) is 10.5 Å². The van der Waals surface area contributed by atoms with Crippen LogP contribution in [0, 0.1) is 5.82 Å². The van der Waals surface area contributed by atoms with E-state index in [0.29, 0.717) is 11.4 Å². The second-order valence-corrected chi connectivity index (χ2v) is 6.34. The summed E-state index contributed by atoms with van der Waals surface area (Å²) in [6, 6.07) is 13.8. The fourth-order valence-corrected chi connectivity index (χ4v) is 3.42. The molecule has 2 N–H and O–H groups in total. The Kier molecular flexibility index (Phi) is 4.58. The molecular weight excluding hydrogens is 327 g/mol. The summed E-state index contributed by atoms with van der Waals surface area (Å²) in [5, 5.41) is 6.91. The van der Waals surface area contributed by atoms with Crippen molar-refractivity contribution in [3.05, 3.63) is 82.8 Å². The van der Waals surface area contributed by atoms with Crippen molar-refractivity contribution in [1.29, 1.82) is 0 Å². The van der Waals surface area contributed by atoms with Gasteiger partial charge in [0.1, 0.15) is 11.5 Å². The van der Waals surface area contributed by atoms with Gasteiger partial charge in [-0.3, -0.25) is 4.79 Å². The number of hydrogen-bond acceptors (Lipinski definition) is 2. The first-order valence-corrected chi connectivity index (χ1v) is 8.11. The second-order valence-electron chi connectivity index (χ2n) is 5.93.